The number of hydrogen-bond donors (Lipinski definition) is 3. The summed E-state index contributed by atoms with van der Waals surface area (Å²) in [5.41, 5.74) is -0.859. The van der Waals surface area contributed by atoms with Gasteiger partial charge in [0.1, 0.15) is 0 Å². The van der Waals surface area contributed by atoms with Gasteiger partial charge < -0.3 is 15.5 Å². The summed E-state index contributed by atoms with van der Waals surface area (Å²) in [6, 6.07) is 10.0. The molecule has 0 bridgehead atoms. The van der Waals surface area contributed by atoms with Crippen molar-refractivity contribution in [3.8, 4) is 11.6 Å². The Balaban J connectivity index is 1.87. The first-order valence-corrected chi connectivity index (χ1v) is 9.17. The zero-order valence-corrected chi connectivity index (χ0v) is 16.4. The zero-order chi connectivity index (χ0) is 22.8. The van der Waals surface area contributed by atoms with Gasteiger partial charge >= 0.3 is 12.1 Å². The first-order valence-electron chi connectivity index (χ1n) is 8.79. The lowest BCUT2D eigenvalue weighted by Gasteiger charge is -2.18. The highest BCUT2D eigenvalue weighted by Crippen LogP contribution is 2.31. The van der Waals surface area contributed by atoms with Crippen molar-refractivity contribution in [1.82, 2.24) is 15.1 Å². The molecule has 1 amide bonds. The van der Waals surface area contributed by atoms with E-state index >= 15 is 0 Å². The standard InChI is InChI=1S/C20H15ClF3N3O4/c21-13-4-6-14(7-5-13)27-17(28)9-16(26-27)19(31)25-15(10-18(29)30)11-2-1-3-12(8-11)20(22,23)24/h1-9,15,28H,10H2,(H,25,31)(H,29,30)/t15-/m0/s1. The van der Waals surface area contributed by atoms with Crippen LogP contribution < -0.4 is 5.32 Å². The number of nitrogens with one attached hydrogen (secondary N) is 1. The Morgan fingerprint density at radius 2 is 1.81 bits per heavy atom. The number of carboxylic acids is 1. The summed E-state index contributed by atoms with van der Waals surface area (Å²) < 4.78 is 40.1. The van der Waals surface area contributed by atoms with Crippen LogP contribution in [0.1, 0.15) is 34.1 Å². The summed E-state index contributed by atoms with van der Waals surface area (Å²) in [5, 5.41) is 26.0. The largest absolute Gasteiger partial charge is 0.493 e. The summed E-state index contributed by atoms with van der Waals surface area (Å²) in [6.07, 6.45) is -5.28. The number of hydrogen-bond acceptors (Lipinski definition) is 4. The predicted molar refractivity (Wildman–Crippen MR) is 104 cm³/mol. The molecule has 1 heterocycles. The van der Waals surface area contributed by atoms with E-state index in [2.05, 4.69) is 10.4 Å². The minimum absolute atomic E-state index is 0.0352. The number of carbonyl (C=O) groups is 2. The highest BCUT2D eigenvalue weighted by molar-refractivity contribution is 6.30. The van der Waals surface area contributed by atoms with Crippen LogP contribution in [0.15, 0.2) is 54.6 Å². The number of nitrogens with zero attached hydrogens (tertiary/aromatic N) is 2. The maximum Gasteiger partial charge on any atom is 0.416 e. The van der Waals surface area contributed by atoms with Gasteiger partial charge in [0.25, 0.3) is 5.91 Å². The fraction of sp³-hybridized carbons (Fsp3) is 0.150. The number of amides is 1. The van der Waals surface area contributed by atoms with Crippen LogP contribution in [-0.4, -0.2) is 31.9 Å². The fourth-order valence-electron chi connectivity index (χ4n) is 2.85. The SMILES string of the molecule is O=C(O)C[C@H](NC(=O)c1cc(O)n(-c2ccc(Cl)cc2)n1)c1cccc(C(F)(F)F)c1. The average Bonchev–Trinajstić information content (AvgIpc) is 3.09. The monoisotopic (exact) mass is 453 g/mol. The van der Waals surface area contributed by atoms with Crippen molar-refractivity contribution in [2.45, 2.75) is 18.6 Å². The summed E-state index contributed by atoms with van der Waals surface area (Å²) >= 11 is 5.82. The second-order valence-electron chi connectivity index (χ2n) is 6.52. The van der Waals surface area contributed by atoms with Gasteiger partial charge in [0.2, 0.25) is 5.88 Å². The minimum atomic E-state index is -4.63. The van der Waals surface area contributed by atoms with E-state index in [1.165, 1.54) is 6.07 Å². The first kappa shape index (κ1) is 22.2. The Hall–Kier alpha value is -3.53. The number of carbonyl (C=O) groups excluding carboxylic acids is 1. The van der Waals surface area contributed by atoms with E-state index in [1.54, 1.807) is 24.3 Å². The lowest BCUT2D eigenvalue weighted by atomic mass is 10.0. The molecule has 0 unspecified atom stereocenters. The van der Waals surface area contributed by atoms with Gasteiger partial charge in [-0.1, -0.05) is 23.7 Å². The molecule has 1 aromatic heterocycles. The van der Waals surface area contributed by atoms with E-state index in [4.69, 9.17) is 16.7 Å². The first-order chi connectivity index (χ1) is 14.5. The Morgan fingerprint density at radius 1 is 1.13 bits per heavy atom. The lowest BCUT2D eigenvalue weighted by Crippen LogP contribution is -2.30. The van der Waals surface area contributed by atoms with E-state index in [0.29, 0.717) is 10.7 Å². The van der Waals surface area contributed by atoms with Crippen molar-refractivity contribution < 1.29 is 33.0 Å². The second-order valence-corrected chi connectivity index (χ2v) is 6.96. The third-order valence-corrected chi connectivity index (χ3v) is 4.55. The molecule has 1 atom stereocenters. The third kappa shape index (κ3) is 5.34. The van der Waals surface area contributed by atoms with Crippen LogP contribution in [0.5, 0.6) is 5.88 Å². The maximum absolute atomic E-state index is 13.0. The van der Waals surface area contributed by atoms with Crippen LogP contribution in [0.2, 0.25) is 5.02 Å². The van der Waals surface area contributed by atoms with Gasteiger partial charge in [-0.05, 0) is 42.0 Å². The molecule has 2 aromatic carbocycles. The Morgan fingerprint density at radius 3 is 2.42 bits per heavy atom. The number of alkyl halides is 3. The molecule has 162 valence electrons. The second kappa shape index (κ2) is 8.68. The summed E-state index contributed by atoms with van der Waals surface area (Å²) in [4.78, 5) is 23.8. The molecular weight excluding hydrogens is 439 g/mol. The minimum Gasteiger partial charge on any atom is -0.493 e. The quantitative estimate of drug-likeness (QED) is 0.519. The van der Waals surface area contributed by atoms with Crippen LogP contribution >= 0.6 is 11.6 Å². The van der Waals surface area contributed by atoms with Gasteiger partial charge in [0.15, 0.2) is 5.69 Å². The highest BCUT2D eigenvalue weighted by atomic mass is 35.5. The van der Waals surface area contributed by atoms with Gasteiger partial charge in [-0.15, -0.1) is 0 Å². The van der Waals surface area contributed by atoms with Crippen molar-refractivity contribution in [2.24, 2.45) is 0 Å². The van der Waals surface area contributed by atoms with E-state index in [-0.39, 0.29) is 17.1 Å². The number of aromatic hydroxyl groups is 1. The summed E-state index contributed by atoms with van der Waals surface area (Å²) in [5.74, 6) is -2.56. The van der Waals surface area contributed by atoms with E-state index in [1.807, 2.05) is 0 Å². The fourth-order valence-corrected chi connectivity index (χ4v) is 2.97. The molecule has 11 heteroatoms. The van der Waals surface area contributed by atoms with Crippen molar-refractivity contribution in [3.63, 3.8) is 0 Å². The molecule has 3 N–H and O–H groups in total. The Bertz CT molecular complexity index is 1110. The average molecular weight is 454 g/mol. The predicted octanol–water partition coefficient (Wildman–Crippen LogP) is 4.20. The smallest absolute Gasteiger partial charge is 0.416 e. The Kier molecular flexibility index (Phi) is 6.21. The van der Waals surface area contributed by atoms with E-state index < -0.39 is 36.1 Å². The summed E-state index contributed by atoms with van der Waals surface area (Å²) in [7, 11) is 0. The molecule has 0 aliphatic rings. The third-order valence-electron chi connectivity index (χ3n) is 4.29. The van der Waals surface area contributed by atoms with Crippen LogP contribution in [0.4, 0.5) is 13.2 Å². The summed E-state index contributed by atoms with van der Waals surface area (Å²) in [6.45, 7) is 0. The molecule has 31 heavy (non-hydrogen) atoms. The maximum atomic E-state index is 13.0. The van der Waals surface area contributed by atoms with Crippen LogP contribution in [0, 0.1) is 0 Å². The molecular formula is C20H15ClF3N3O4. The lowest BCUT2D eigenvalue weighted by molar-refractivity contribution is -0.138. The number of benzene rings is 2. The molecule has 7 nitrogen and oxygen atoms in total. The molecule has 0 fully saturated rings. The number of aromatic nitrogens is 2. The van der Waals surface area contributed by atoms with E-state index in [0.717, 1.165) is 28.9 Å². The molecule has 0 radical (unpaired) electrons. The van der Waals surface area contributed by atoms with Crippen LogP contribution in [-0.2, 0) is 11.0 Å². The molecule has 3 aromatic rings. The Labute approximate surface area is 178 Å². The zero-order valence-electron chi connectivity index (χ0n) is 15.6. The van der Waals surface area contributed by atoms with Crippen LogP contribution in [0.3, 0.4) is 0 Å². The highest BCUT2D eigenvalue weighted by Gasteiger charge is 2.31. The van der Waals surface area contributed by atoms with Crippen molar-refractivity contribution in [2.75, 3.05) is 0 Å². The van der Waals surface area contributed by atoms with Crippen molar-refractivity contribution in [1.29, 1.82) is 0 Å². The number of halogens is 4. The molecule has 0 spiro atoms. The van der Waals surface area contributed by atoms with E-state index in [9.17, 15) is 27.9 Å². The molecule has 0 saturated carbocycles. The molecule has 0 aliphatic carbocycles. The van der Waals surface area contributed by atoms with Gasteiger partial charge in [-0.2, -0.15) is 18.3 Å². The number of aliphatic carboxylic acids is 1. The molecule has 0 saturated heterocycles. The number of rotatable bonds is 6. The van der Waals surface area contributed by atoms with Gasteiger partial charge in [0.05, 0.1) is 23.7 Å². The van der Waals surface area contributed by atoms with Gasteiger partial charge in [-0.3, -0.25) is 9.59 Å². The number of carboxylic acid groups (broad SMARTS) is 1. The normalized spacial score (nSPS) is 12.4. The van der Waals surface area contributed by atoms with Gasteiger partial charge in [-0.25, -0.2) is 4.68 Å². The van der Waals surface area contributed by atoms with Crippen molar-refractivity contribution in [3.05, 3.63) is 76.4 Å². The molecule has 3 rings (SSSR count). The van der Waals surface area contributed by atoms with Gasteiger partial charge in [0, 0.05) is 11.1 Å². The van der Waals surface area contributed by atoms with Crippen molar-refractivity contribution >= 4 is 23.5 Å². The van der Waals surface area contributed by atoms with Crippen LogP contribution in [0.25, 0.3) is 5.69 Å². The topological polar surface area (TPSA) is 104 Å². The molecule has 0 aliphatic heterocycles.